The van der Waals surface area contributed by atoms with Crippen molar-refractivity contribution >= 4 is 5.91 Å². The number of amides is 1. The van der Waals surface area contributed by atoms with Gasteiger partial charge >= 0.3 is 0 Å². The van der Waals surface area contributed by atoms with Gasteiger partial charge in [0, 0.05) is 0 Å². The summed E-state index contributed by atoms with van der Waals surface area (Å²) in [7, 11) is 0. The van der Waals surface area contributed by atoms with Crippen molar-refractivity contribution in [2.75, 3.05) is 13.2 Å². The third-order valence-corrected chi connectivity index (χ3v) is 3.02. The standard InChI is InChI=1S/C15H21NO3/c1-3-7-18-13-6-5-11(12-10-15(17)16-12)9-14(13)19-8-4-2/h5-6,9,12H,3-4,7-8,10H2,1-2H3,(H,16,17). The van der Waals surface area contributed by atoms with Gasteiger partial charge in [-0.05, 0) is 30.5 Å². The fraction of sp³-hybridized carbons (Fsp3) is 0.533. The second-order valence-electron chi connectivity index (χ2n) is 4.73. The zero-order valence-corrected chi connectivity index (χ0v) is 11.6. The minimum absolute atomic E-state index is 0.104. The predicted octanol–water partition coefficient (Wildman–Crippen LogP) is 2.83. The van der Waals surface area contributed by atoms with Crippen molar-refractivity contribution in [3.05, 3.63) is 23.8 Å². The summed E-state index contributed by atoms with van der Waals surface area (Å²) in [6.07, 6.45) is 2.48. The van der Waals surface area contributed by atoms with Crippen LogP contribution in [0.3, 0.4) is 0 Å². The highest BCUT2D eigenvalue weighted by Crippen LogP contribution is 2.33. The summed E-state index contributed by atoms with van der Waals surface area (Å²) in [4.78, 5) is 11.0. The minimum atomic E-state index is 0.104. The van der Waals surface area contributed by atoms with Crippen molar-refractivity contribution in [1.29, 1.82) is 0 Å². The van der Waals surface area contributed by atoms with Crippen LogP contribution in [-0.4, -0.2) is 19.1 Å². The average molecular weight is 263 g/mol. The van der Waals surface area contributed by atoms with E-state index in [1.165, 1.54) is 0 Å². The Kier molecular flexibility index (Phi) is 4.66. The zero-order chi connectivity index (χ0) is 13.7. The first-order chi connectivity index (χ1) is 9.24. The van der Waals surface area contributed by atoms with E-state index in [2.05, 4.69) is 19.2 Å². The minimum Gasteiger partial charge on any atom is -0.490 e. The molecule has 1 unspecified atom stereocenters. The number of hydrogen-bond acceptors (Lipinski definition) is 3. The van der Waals surface area contributed by atoms with Crippen LogP contribution in [0.4, 0.5) is 0 Å². The van der Waals surface area contributed by atoms with Crippen molar-refractivity contribution in [3.8, 4) is 11.5 Å². The Hall–Kier alpha value is -1.71. The van der Waals surface area contributed by atoms with E-state index >= 15 is 0 Å². The number of β-lactam (4-membered cyclic amide) rings is 1. The summed E-state index contributed by atoms with van der Waals surface area (Å²) in [6.45, 7) is 5.50. The molecule has 1 aromatic rings. The fourth-order valence-corrected chi connectivity index (χ4v) is 1.96. The van der Waals surface area contributed by atoms with Gasteiger partial charge in [0.1, 0.15) is 0 Å². The van der Waals surface area contributed by atoms with Gasteiger partial charge in [0.05, 0.1) is 25.7 Å². The van der Waals surface area contributed by atoms with Gasteiger partial charge in [-0.15, -0.1) is 0 Å². The highest BCUT2D eigenvalue weighted by atomic mass is 16.5. The summed E-state index contributed by atoms with van der Waals surface area (Å²) in [5, 5.41) is 2.87. The molecule has 0 bridgehead atoms. The van der Waals surface area contributed by atoms with Crippen molar-refractivity contribution < 1.29 is 14.3 Å². The van der Waals surface area contributed by atoms with Crippen LogP contribution in [0.25, 0.3) is 0 Å². The van der Waals surface area contributed by atoms with Crippen LogP contribution in [0.5, 0.6) is 11.5 Å². The molecule has 1 amide bonds. The zero-order valence-electron chi connectivity index (χ0n) is 11.6. The summed E-state index contributed by atoms with van der Waals surface area (Å²) in [6, 6.07) is 6.02. The maximum absolute atomic E-state index is 11.0. The first-order valence-corrected chi connectivity index (χ1v) is 6.93. The monoisotopic (exact) mass is 263 g/mol. The Labute approximate surface area is 114 Å². The lowest BCUT2D eigenvalue weighted by molar-refractivity contribution is -0.128. The molecule has 1 aliphatic heterocycles. The Morgan fingerprint density at radius 1 is 1.16 bits per heavy atom. The van der Waals surface area contributed by atoms with Crippen LogP contribution in [0.2, 0.25) is 0 Å². The van der Waals surface area contributed by atoms with E-state index in [0.29, 0.717) is 19.6 Å². The topological polar surface area (TPSA) is 47.6 Å². The molecule has 1 N–H and O–H groups in total. The Morgan fingerprint density at radius 3 is 2.37 bits per heavy atom. The van der Waals surface area contributed by atoms with Gasteiger partial charge in [0.25, 0.3) is 0 Å². The Balaban J connectivity index is 2.12. The number of hydrogen-bond donors (Lipinski definition) is 1. The molecule has 19 heavy (non-hydrogen) atoms. The lowest BCUT2D eigenvalue weighted by Gasteiger charge is -2.27. The molecule has 4 nitrogen and oxygen atoms in total. The lowest BCUT2D eigenvalue weighted by Crippen LogP contribution is -2.41. The van der Waals surface area contributed by atoms with Crippen molar-refractivity contribution in [2.45, 2.75) is 39.2 Å². The van der Waals surface area contributed by atoms with Gasteiger partial charge < -0.3 is 14.8 Å². The molecular weight excluding hydrogens is 242 g/mol. The second-order valence-corrected chi connectivity index (χ2v) is 4.73. The Bertz CT molecular complexity index is 437. The number of carbonyl (C=O) groups is 1. The van der Waals surface area contributed by atoms with Crippen molar-refractivity contribution in [3.63, 3.8) is 0 Å². The smallest absolute Gasteiger partial charge is 0.222 e. The number of nitrogens with one attached hydrogen (secondary N) is 1. The molecule has 0 aromatic heterocycles. The van der Waals surface area contributed by atoms with Gasteiger partial charge in [-0.2, -0.15) is 0 Å². The van der Waals surface area contributed by atoms with Crippen LogP contribution < -0.4 is 14.8 Å². The maximum atomic E-state index is 11.0. The first kappa shape index (κ1) is 13.7. The molecule has 1 aliphatic rings. The lowest BCUT2D eigenvalue weighted by atomic mass is 9.97. The quantitative estimate of drug-likeness (QED) is 0.769. The number of benzene rings is 1. The molecule has 1 heterocycles. The normalized spacial score (nSPS) is 17.6. The van der Waals surface area contributed by atoms with Crippen molar-refractivity contribution in [1.82, 2.24) is 5.32 Å². The van der Waals surface area contributed by atoms with Gasteiger partial charge in [0.15, 0.2) is 11.5 Å². The summed E-state index contributed by atoms with van der Waals surface area (Å²) in [5.41, 5.74) is 1.08. The van der Waals surface area contributed by atoms with Crippen LogP contribution in [-0.2, 0) is 4.79 Å². The molecule has 0 spiro atoms. The van der Waals surface area contributed by atoms with E-state index in [-0.39, 0.29) is 11.9 Å². The fourth-order valence-electron chi connectivity index (χ4n) is 1.96. The summed E-state index contributed by atoms with van der Waals surface area (Å²) >= 11 is 0. The number of rotatable bonds is 7. The van der Waals surface area contributed by atoms with Gasteiger partial charge in [-0.3, -0.25) is 4.79 Å². The van der Waals surface area contributed by atoms with Gasteiger partial charge in [-0.1, -0.05) is 19.9 Å². The van der Waals surface area contributed by atoms with Crippen LogP contribution in [0, 0.1) is 0 Å². The van der Waals surface area contributed by atoms with E-state index in [4.69, 9.17) is 9.47 Å². The average Bonchev–Trinajstić information content (AvgIpc) is 2.40. The third-order valence-electron chi connectivity index (χ3n) is 3.02. The number of ether oxygens (including phenoxy) is 2. The first-order valence-electron chi connectivity index (χ1n) is 6.93. The molecule has 0 saturated carbocycles. The predicted molar refractivity (Wildman–Crippen MR) is 73.5 cm³/mol. The molecule has 0 radical (unpaired) electrons. The molecule has 1 saturated heterocycles. The third kappa shape index (κ3) is 3.40. The highest BCUT2D eigenvalue weighted by molar-refractivity contribution is 5.83. The van der Waals surface area contributed by atoms with E-state index in [0.717, 1.165) is 29.9 Å². The molecule has 104 valence electrons. The molecule has 1 atom stereocenters. The van der Waals surface area contributed by atoms with E-state index in [1.807, 2.05) is 18.2 Å². The molecule has 0 aliphatic carbocycles. The van der Waals surface area contributed by atoms with E-state index in [1.54, 1.807) is 0 Å². The van der Waals surface area contributed by atoms with Crippen LogP contribution >= 0.6 is 0 Å². The van der Waals surface area contributed by atoms with Gasteiger partial charge in [0.2, 0.25) is 5.91 Å². The SMILES string of the molecule is CCCOc1ccc(C2CC(=O)N2)cc1OCCC. The summed E-state index contributed by atoms with van der Waals surface area (Å²) in [5.74, 6) is 1.66. The highest BCUT2D eigenvalue weighted by Gasteiger charge is 2.27. The molecule has 1 aromatic carbocycles. The Morgan fingerprint density at radius 2 is 1.79 bits per heavy atom. The van der Waals surface area contributed by atoms with Crippen LogP contribution in [0.1, 0.15) is 44.7 Å². The molecule has 2 rings (SSSR count). The van der Waals surface area contributed by atoms with E-state index in [9.17, 15) is 4.79 Å². The maximum Gasteiger partial charge on any atom is 0.222 e. The largest absolute Gasteiger partial charge is 0.490 e. The molecule has 1 fully saturated rings. The molecular formula is C15H21NO3. The van der Waals surface area contributed by atoms with Crippen LogP contribution in [0.15, 0.2) is 18.2 Å². The number of carbonyl (C=O) groups excluding carboxylic acids is 1. The van der Waals surface area contributed by atoms with E-state index < -0.39 is 0 Å². The second kappa shape index (κ2) is 6.45. The van der Waals surface area contributed by atoms with Gasteiger partial charge in [-0.25, -0.2) is 0 Å². The molecule has 4 heteroatoms. The van der Waals surface area contributed by atoms with Crippen molar-refractivity contribution in [2.24, 2.45) is 0 Å². The summed E-state index contributed by atoms with van der Waals surface area (Å²) < 4.78 is 11.4.